The van der Waals surface area contributed by atoms with Gasteiger partial charge in [0.1, 0.15) is 5.75 Å². The lowest BCUT2D eigenvalue weighted by atomic mass is 10.1. The topological polar surface area (TPSA) is 84.9 Å². The van der Waals surface area contributed by atoms with Crippen LogP contribution >= 0.6 is 11.6 Å². The highest BCUT2D eigenvalue weighted by Crippen LogP contribution is 2.25. The fourth-order valence-electron chi connectivity index (χ4n) is 2.38. The first kappa shape index (κ1) is 19.8. The van der Waals surface area contributed by atoms with E-state index >= 15 is 0 Å². The largest absolute Gasteiger partial charge is 0.479 e. The lowest BCUT2D eigenvalue weighted by molar-refractivity contribution is -0.122. The van der Waals surface area contributed by atoms with E-state index in [4.69, 9.17) is 21.1 Å². The highest BCUT2D eigenvalue weighted by Gasteiger charge is 2.20. The van der Waals surface area contributed by atoms with Gasteiger partial charge in [0.15, 0.2) is 6.10 Å². The summed E-state index contributed by atoms with van der Waals surface area (Å²) in [5, 5.41) is 12.3. The van der Waals surface area contributed by atoms with Crippen LogP contribution in [0.1, 0.15) is 29.3 Å². The summed E-state index contributed by atoms with van der Waals surface area (Å²) < 4.78 is 10.7. The number of carboxylic acids is 1. The van der Waals surface area contributed by atoms with Crippen molar-refractivity contribution in [1.29, 1.82) is 0 Å². The Labute approximate surface area is 156 Å². The van der Waals surface area contributed by atoms with Gasteiger partial charge in [0.2, 0.25) is 0 Å². The Morgan fingerprint density at radius 2 is 1.96 bits per heavy atom. The van der Waals surface area contributed by atoms with E-state index in [0.29, 0.717) is 28.4 Å². The van der Waals surface area contributed by atoms with Crippen LogP contribution in [0.5, 0.6) is 5.75 Å². The highest BCUT2D eigenvalue weighted by molar-refractivity contribution is 6.32. The molecule has 0 heterocycles. The van der Waals surface area contributed by atoms with Crippen LogP contribution in [0, 0.1) is 0 Å². The smallest absolute Gasteiger partial charge is 0.335 e. The van der Waals surface area contributed by atoms with Gasteiger partial charge in [-0.05, 0) is 42.3 Å². The molecule has 6 nitrogen and oxygen atoms in total. The lowest BCUT2D eigenvalue weighted by Gasteiger charge is -2.18. The van der Waals surface area contributed by atoms with Crippen LogP contribution in [0.4, 0.5) is 5.69 Å². The maximum Gasteiger partial charge on any atom is 0.335 e. The molecule has 2 rings (SSSR count). The molecule has 1 unspecified atom stereocenters. The number of methoxy groups -OCH3 is 1. The predicted molar refractivity (Wildman–Crippen MR) is 98.9 cm³/mol. The number of halogens is 1. The zero-order valence-corrected chi connectivity index (χ0v) is 15.2. The Balaban J connectivity index is 2.18. The molecule has 0 aliphatic rings. The summed E-state index contributed by atoms with van der Waals surface area (Å²) in [5.41, 5.74) is 1.07. The van der Waals surface area contributed by atoms with Crippen LogP contribution in [-0.2, 0) is 16.1 Å². The van der Waals surface area contributed by atoms with Gasteiger partial charge >= 0.3 is 5.97 Å². The third-order valence-corrected chi connectivity index (χ3v) is 3.90. The van der Waals surface area contributed by atoms with Crippen LogP contribution in [0.15, 0.2) is 42.5 Å². The van der Waals surface area contributed by atoms with Gasteiger partial charge in [-0.15, -0.1) is 0 Å². The molecule has 0 spiro atoms. The number of ether oxygens (including phenoxy) is 2. The monoisotopic (exact) mass is 377 g/mol. The number of rotatable bonds is 8. The van der Waals surface area contributed by atoms with Gasteiger partial charge in [0.05, 0.1) is 17.2 Å². The van der Waals surface area contributed by atoms with Crippen molar-refractivity contribution in [2.45, 2.75) is 26.1 Å². The van der Waals surface area contributed by atoms with Crippen molar-refractivity contribution in [1.82, 2.24) is 0 Å². The van der Waals surface area contributed by atoms with E-state index in [1.807, 2.05) is 6.92 Å². The van der Waals surface area contributed by atoms with Gasteiger partial charge in [-0.3, -0.25) is 4.79 Å². The molecule has 0 aliphatic heterocycles. The zero-order valence-electron chi connectivity index (χ0n) is 14.5. The van der Waals surface area contributed by atoms with E-state index in [9.17, 15) is 14.7 Å². The summed E-state index contributed by atoms with van der Waals surface area (Å²) in [6.45, 7) is 2.04. The van der Waals surface area contributed by atoms with Crippen LogP contribution in [-0.4, -0.2) is 30.2 Å². The Kier molecular flexibility index (Phi) is 7.00. The number of carbonyl (C=O) groups excluding carboxylic acids is 1. The van der Waals surface area contributed by atoms with Crippen LogP contribution in [0.3, 0.4) is 0 Å². The van der Waals surface area contributed by atoms with E-state index in [2.05, 4.69) is 5.32 Å². The van der Waals surface area contributed by atoms with Crippen molar-refractivity contribution in [2.75, 3.05) is 12.4 Å². The molecule has 7 heteroatoms. The molecule has 2 aromatic carbocycles. The minimum atomic E-state index is -1.09. The molecule has 138 valence electrons. The quantitative estimate of drug-likeness (QED) is 0.726. The summed E-state index contributed by atoms with van der Waals surface area (Å²) in [6, 6.07) is 11.4. The van der Waals surface area contributed by atoms with Gasteiger partial charge < -0.3 is 19.9 Å². The van der Waals surface area contributed by atoms with Gasteiger partial charge in [0, 0.05) is 12.8 Å². The van der Waals surface area contributed by atoms with E-state index in [1.54, 1.807) is 30.3 Å². The minimum Gasteiger partial charge on any atom is -0.479 e. The van der Waals surface area contributed by atoms with Crippen LogP contribution in [0.2, 0.25) is 5.02 Å². The van der Waals surface area contributed by atoms with Gasteiger partial charge in [-0.25, -0.2) is 4.79 Å². The molecule has 2 aromatic rings. The average molecular weight is 378 g/mol. The third-order valence-electron chi connectivity index (χ3n) is 3.59. The maximum absolute atomic E-state index is 12.6. The lowest BCUT2D eigenvalue weighted by Crippen LogP contribution is -2.32. The number of nitrogens with one attached hydrogen (secondary N) is 1. The normalized spacial score (nSPS) is 11.7. The fourth-order valence-corrected chi connectivity index (χ4v) is 2.56. The van der Waals surface area contributed by atoms with Crippen molar-refractivity contribution < 1.29 is 24.2 Å². The molecule has 0 aromatic heterocycles. The van der Waals surface area contributed by atoms with Gasteiger partial charge in [0.25, 0.3) is 5.91 Å². The molecule has 0 aliphatic carbocycles. The molecule has 0 saturated carbocycles. The number of hydrogen-bond acceptors (Lipinski definition) is 4. The Morgan fingerprint density at radius 3 is 2.58 bits per heavy atom. The molecule has 0 radical (unpaired) electrons. The summed E-state index contributed by atoms with van der Waals surface area (Å²) >= 11 is 6.07. The number of benzene rings is 2. The molecule has 0 bridgehead atoms. The number of para-hydroxylation sites is 1. The number of amides is 1. The number of hydrogen-bond donors (Lipinski definition) is 2. The van der Waals surface area contributed by atoms with Crippen molar-refractivity contribution in [3.8, 4) is 5.75 Å². The van der Waals surface area contributed by atoms with Crippen molar-refractivity contribution >= 4 is 29.2 Å². The van der Waals surface area contributed by atoms with Crippen LogP contribution in [0.25, 0.3) is 0 Å². The maximum atomic E-state index is 12.6. The average Bonchev–Trinajstić information content (AvgIpc) is 2.61. The van der Waals surface area contributed by atoms with E-state index in [0.717, 1.165) is 0 Å². The Hall–Kier alpha value is -2.57. The van der Waals surface area contributed by atoms with Crippen LogP contribution < -0.4 is 10.1 Å². The number of anilines is 1. The predicted octanol–water partition coefficient (Wildman–Crippen LogP) is 3.98. The summed E-state index contributed by atoms with van der Waals surface area (Å²) in [7, 11) is 1.51. The molecule has 0 saturated heterocycles. The minimum absolute atomic E-state index is 0.0647. The second-order valence-corrected chi connectivity index (χ2v) is 6.00. The van der Waals surface area contributed by atoms with Crippen molar-refractivity contribution in [3.63, 3.8) is 0 Å². The Bertz CT molecular complexity index is 793. The number of carboxylic acid groups (broad SMARTS) is 1. The molecule has 2 N–H and O–H groups in total. The molecule has 1 amide bonds. The van der Waals surface area contributed by atoms with Gasteiger partial charge in [-0.1, -0.05) is 30.7 Å². The molecule has 26 heavy (non-hydrogen) atoms. The second-order valence-electron chi connectivity index (χ2n) is 5.59. The summed E-state index contributed by atoms with van der Waals surface area (Å²) in [4.78, 5) is 23.8. The molecule has 0 fully saturated rings. The second kappa shape index (κ2) is 9.22. The van der Waals surface area contributed by atoms with E-state index in [1.165, 1.54) is 19.2 Å². The zero-order chi connectivity index (χ0) is 19.1. The highest BCUT2D eigenvalue weighted by atomic mass is 35.5. The number of aromatic carboxylic acids is 1. The first-order valence-corrected chi connectivity index (χ1v) is 8.40. The van der Waals surface area contributed by atoms with E-state index < -0.39 is 18.0 Å². The van der Waals surface area contributed by atoms with Gasteiger partial charge in [-0.2, -0.15) is 0 Å². The van der Waals surface area contributed by atoms with Crippen molar-refractivity contribution in [3.05, 3.63) is 58.6 Å². The first-order valence-electron chi connectivity index (χ1n) is 8.02. The third kappa shape index (κ3) is 5.21. The fraction of sp³-hybridized carbons (Fsp3) is 0.263. The SMILES string of the molecule is CCC(Oc1ccccc1Cl)C(=O)Nc1cc(COC)cc(C(=O)O)c1. The standard InChI is InChI=1S/C19H20ClNO5/c1-3-16(26-17-7-5-4-6-15(17)20)18(22)21-14-9-12(11-25-2)8-13(10-14)19(23)24/h4-10,16H,3,11H2,1-2H3,(H,21,22)(H,23,24). The molecule has 1 atom stereocenters. The molecular weight excluding hydrogens is 358 g/mol. The Morgan fingerprint density at radius 1 is 1.23 bits per heavy atom. The summed E-state index contributed by atoms with van der Waals surface area (Å²) in [5.74, 6) is -1.06. The summed E-state index contributed by atoms with van der Waals surface area (Å²) in [6.07, 6.45) is -0.352. The van der Waals surface area contributed by atoms with Crippen molar-refractivity contribution in [2.24, 2.45) is 0 Å². The molecular formula is C19H20ClNO5. The van der Waals surface area contributed by atoms with E-state index in [-0.39, 0.29) is 12.2 Å². The first-order chi connectivity index (χ1) is 12.4. The number of carbonyl (C=O) groups is 2.